The molecule has 0 spiro atoms. The summed E-state index contributed by atoms with van der Waals surface area (Å²) in [5.41, 5.74) is 0.706. The van der Waals surface area contributed by atoms with Gasteiger partial charge in [-0.05, 0) is 37.6 Å². The topological polar surface area (TPSA) is 107 Å². The molecule has 3 rings (SSSR count). The Kier molecular flexibility index (Phi) is 5.09. The molecule has 0 saturated heterocycles. The maximum atomic E-state index is 13.1. The second-order valence-electron chi connectivity index (χ2n) is 6.27. The van der Waals surface area contributed by atoms with E-state index in [2.05, 4.69) is 4.98 Å². The van der Waals surface area contributed by atoms with Gasteiger partial charge >= 0.3 is 11.7 Å². The second-order valence-corrected chi connectivity index (χ2v) is 6.27. The highest BCUT2D eigenvalue weighted by molar-refractivity contribution is 6.02. The summed E-state index contributed by atoms with van der Waals surface area (Å²) in [6, 6.07) is 10.1. The normalized spacial score (nSPS) is 10.6. The largest absolute Gasteiger partial charge is 0.462 e. The number of aromatic nitrogens is 3. The van der Waals surface area contributed by atoms with Gasteiger partial charge < -0.3 is 4.74 Å². The van der Waals surface area contributed by atoms with Gasteiger partial charge in [0.25, 0.3) is 5.56 Å². The molecule has 1 aromatic carbocycles. The molecule has 0 amide bonds. The Balaban J connectivity index is 2.27. The lowest BCUT2D eigenvalue weighted by molar-refractivity contribution is 0.0528. The average molecular weight is 378 g/mol. The number of benzene rings is 1. The van der Waals surface area contributed by atoms with Gasteiger partial charge in [-0.2, -0.15) is 5.26 Å². The molecule has 0 unspecified atom stereocenters. The summed E-state index contributed by atoms with van der Waals surface area (Å²) in [6.07, 6.45) is 0. The third kappa shape index (κ3) is 3.30. The SMILES string of the molecule is CCOC(=O)c1cc(C)nc2c1c(=O)n(Cc1ccc(C#N)cc1)c(=O)n2C. The van der Waals surface area contributed by atoms with E-state index in [0.29, 0.717) is 16.8 Å². The highest BCUT2D eigenvalue weighted by Gasteiger charge is 2.21. The van der Waals surface area contributed by atoms with Gasteiger partial charge in [-0.1, -0.05) is 12.1 Å². The summed E-state index contributed by atoms with van der Waals surface area (Å²) < 4.78 is 7.36. The summed E-state index contributed by atoms with van der Waals surface area (Å²) >= 11 is 0. The molecule has 0 aliphatic carbocycles. The lowest BCUT2D eigenvalue weighted by Gasteiger charge is -2.13. The van der Waals surface area contributed by atoms with Crippen LogP contribution in [0, 0.1) is 18.3 Å². The minimum atomic E-state index is -0.640. The van der Waals surface area contributed by atoms with Crippen molar-refractivity contribution in [1.82, 2.24) is 14.1 Å². The zero-order valence-electron chi connectivity index (χ0n) is 15.7. The quantitative estimate of drug-likeness (QED) is 0.637. The number of ether oxygens (including phenoxy) is 1. The zero-order chi connectivity index (χ0) is 20.4. The molecule has 2 aromatic heterocycles. The number of carbonyl (C=O) groups is 1. The highest BCUT2D eigenvalue weighted by atomic mass is 16.5. The summed E-state index contributed by atoms with van der Waals surface area (Å²) in [7, 11) is 1.50. The minimum Gasteiger partial charge on any atom is -0.462 e. The molecule has 0 aliphatic rings. The van der Waals surface area contributed by atoms with E-state index in [1.165, 1.54) is 17.7 Å². The van der Waals surface area contributed by atoms with Crippen LogP contribution in [0.5, 0.6) is 0 Å². The van der Waals surface area contributed by atoms with Crippen molar-refractivity contribution in [3.8, 4) is 6.07 Å². The van der Waals surface area contributed by atoms with Crippen LogP contribution < -0.4 is 11.2 Å². The first kappa shape index (κ1) is 19.0. The molecule has 142 valence electrons. The van der Waals surface area contributed by atoms with E-state index in [-0.39, 0.29) is 29.7 Å². The zero-order valence-corrected chi connectivity index (χ0v) is 15.7. The first-order valence-electron chi connectivity index (χ1n) is 8.64. The van der Waals surface area contributed by atoms with Crippen LogP contribution in [0.15, 0.2) is 39.9 Å². The molecule has 0 aliphatic heterocycles. The summed E-state index contributed by atoms with van der Waals surface area (Å²) in [4.78, 5) is 42.5. The van der Waals surface area contributed by atoms with Crippen LogP contribution in [0.3, 0.4) is 0 Å². The molecule has 2 heterocycles. The lowest BCUT2D eigenvalue weighted by Crippen LogP contribution is -2.40. The molecular formula is C20H18N4O4. The van der Waals surface area contributed by atoms with Gasteiger partial charge in [0, 0.05) is 12.7 Å². The molecular weight excluding hydrogens is 360 g/mol. The number of hydrogen-bond donors (Lipinski definition) is 0. The third-order valence-electron chi connectivity index (χ3n) is 4.34. The molecule has 0 radical (unpaired) electrons. The molecule has 28 heavy (non-hydrogen) atoms. The van der Waals surface area contributed by atoms with Crippen LogP contribution in [0.4, 0.5) is 0 Å². The molecule has 3 aromatic rings. The standard InChI is InChI=1S/C20H18N4O4/c1-4-28-19(26)15-9-12(2)22-17-16(15)18(25)24(20(27)23(17)3)11-14-7-5-13(10-21)6-8-14/h5-9H,4,11H2,1-3H3. The number of pyridine rings is 1. The third-order valence-corrected chi connectivity index (χ3v) is 4.34. The predicted molar refractivity (Wildman–Crippen MR) is 102 cm³/mol. The van der Waals surface area contributed by atoms with Gasteiger partial charge in [0.05, 0.1) is 35.7 Å². The van der Waals surface area contributed by atoms with Crippen LogP contribution in [0.2, 0.25) is 0 Å². The van der Waals surface area contributed by atoms with Crippen molar-refractivity contribution in [2.24, 2.45) is 7.05 Å². The second kappa shape index (κ2) is 7.48. The predicted octanol–water partition coefficient (Wildman–Crippen LogP) is 1.50. The van der Waals surface area contributed by atoms with Gasteiger partial charge in [0.1, 0.15) is 5.65 Å². The van der Waals surface area contributed by atoms with Gasteiger partial charge in [0.2, 0.25) is 0 Å². The molecule has 0 atom stereocenters. The van der Waals surface area contributed by atoms with Crippen LogP contribution in [-0.2, 0) is 18.3 Å². The fourth-order valence-electron chi connectivity index (χ4n) is 2.98. The van der Waals surface area contributed by atoms with Crippen LogP contribution in [-0.4, -0.2) is 26.7 Å². The number of fused-ring (bicyclic) bond motifs is 1. The van der Waals surface area contributed by atoms with Gasteiger partial charge in [0.15, 0.2) is 0 Å². The highest BCUT2D eigenvalue weighted by Crippen LogP contribution is 2.15. The number of nitrogens with zero attached hydrogens (tertiary/aromatic N) is 4. The van der Waals surface area contributed by atoms with Crippen molar-refractivity contribution in [2.45, 2.75) is 20.4 Å². The number of aryl methyl sites for hydroxylation is 2. The van der Waals surface area contributed by atoms with Crippen molar-refractivity contribution in [2.75, 3.05) is 6.61 Å². The van der Waals surface area contributed by atoms with Crippen molar-refractivity contribution < 1.29 is 9.53 Å². The first-order chi connectivity index (χ1) is 13.4. The molecule has 0 N–H and O–H groups in total. The molecule has 0 fully saturated rings. The van der Waals surface area contributed by atoms with Crippen LogP contribution in [0.1, 0.15) is 34.1 Å². The number of nitriles is 1. The van der Waals surface area contributed by atoms with Gasteiger partial charge in [-0.15, -0.1) is 0 Å². The van der Waals surface area contributed by atoms with E-state index in [0.717, 1.165) is 4.57 Å². The summed E-state index contributed by atoms with van der Waals surface area (Å²) in [5, 5.41) is 8.94. The lowest BCUT2D eigenvalue weighted by atomic mass is 10.1. The van der Waals surface area contributed by atoms with E-state index in [1.54, 1.807) is 38.1 Å². The Morgan fingerprint density at radius 1 is 1.25 bits per heavy atom. The Morgan fingerprint density at radius 3 is 2.54 bits per heavy atom. The van der Waals surface area contributed by atoms with E-state index >= 15 is 0 Å². The van der Waals surface area contributed by atoms with E-state index in [4.69, 9.17) is 10.00 Å². The number of esters is 1. The smallest absolute Gasteiger partial charge is 0.339 e. The van der Waals surface area contributed by atoms with Crippen molar-refractivity contribution in [3.63, 3.8) is 0 Å². The van der Waals surface area contributed by atoms with E-state index < -0.39 is 17.2 Å². The first-order valence-corrected chi connectivity index (χ1v) is 8.64. The van der Waals surface area contributed by atoms with E-state index in [9.17, 15) is 14.4 Å². The van der Waals surface area contributed by atoms with Crippen molar-refractivity contribution >= 4 is 17.0 Å². The van der Waals surface area contributed by atoms with Crippen LogP contribution >= 0.6 is 0 Å². The number of hydrogen-bond acceptors (Lipinski definition) is 6. The summed E-state index contributed by atoms with van der Waals surface area (Å²) in [6.45, 7) is 3.51. The molecule has 0 saturated carbocycles. The van der Waals surface area contributed by atoms with Crippen molar-refractivity contribution in [3.05, 3.63) is 73.6 Å². The van der Waals surface area contributed by atoms with Gasteiger partial charge in [-0.25, -0.2) is 14.6 Å². The Morgan fingerprint density at radius 2 is 1.93 bits per heavy atom. The average Bonchev–Trinajstić information content (AvgIpc) is 2.69. The van der Waals surface area contributed by atoms with Crippen molar-refractivity contribution in [1.29, 1.82) is 5.26 Å². The Hall–Kier alpha value is -3.73. The molecule has 8 heteroatoms. The van der Waals surface area contributed by atoms with Gasteiger partial charge in [-0.3, -0.25) is 13.9 Å². The fourth-order valence-corrected chi connectivity index (χ4v) is 2.98. The fraction of sp³-hybridized carbons (Fsp3) is 0.250. The van der Waals surface area contributed by atoms with E-state index in [1.807, 2.05) is 6.07 Å². The minimum absolute atomic E-state index is 0.00327. The maximum Gasteiger partial charge on any atom is 0.339 e. The molecule has 8 nitrogen and oxygen atoms in total. The molecule has 0 bridgehead atoms. The summed E-state index contributed by atoms with van der Waals surface area (Å²) in [5.74, 6) is -0.640. The van der Waals surface area contributed by atoms with Crippen LogP contribution in [0.25, 0.3) is 11.0 Å². The monoisotopic (exact) mass is 378 g/mol. The Labute approximate surface area is 160 Å². The number of carbonyl (C=O) groups excluding carboxylic acids is 1. The maximum absolute atomic E-state index is 13.1. The Bertz CT molecular complexity index is 1230. The number of rotatable bonds is 4.